The van der Waals surface area contributed by atoms with Crippen LogP contribution in [0.4, 0.5) is 0 Å². The monoisotopic (exact) mass is 364 g/mol. The first kappa shape index (κ1) is 17.4. The first-order chi connectivity index (χ1) is 11.5. The molecule has 0 atom stereocenters. The summed E-state index contributed by atoms with van der Waals surface area (Å²) in [5.41, 5.74) is 1.87. The third kappa shape index (κ3) is 3.64. The van der Waals surface area contributed by atoms with Crippen molar-refractivity contribution in [1.29, 1.82) is 0 Å². The van der Waals surface area contributed by atoms with Crippen molar-refractivity contribution in [3.8, 4) is 0 Å². The van der Waals surface area contributed by atoms with Gasteiger partial charge in [-0.2, -0.15) is 4.31 Å². The summed E-state index contributed by atoms with van der Waals surface area (Å²) in [5, 5.41) is 0.485. The van der Waals surface area contributed by atoms with Crippen molar-refractivity contribution < 1.29 is 8.42 Å². The number of piperazine rings is 1. The maximum atomic E-state index is 12.9. The number of hydrogen-bond acceptors (Lipinski definition) is 3. The average molecular weight is 365 g/mol. The Labute approximate surface area is 148 Å². The number of sulfonamides is 1. The van der Waals surface area contributed by atoms with Crippen molar-refractivity contribution >= 4 is 21.6 Å². The van der Waals surface area contributed by atoms with E-state index in [1.165, 1.54) is 5.56 Å². The number of benzene rings is 2. The van der Waals surface area contributed by atoms with Crippen LogP contribution >= 0.6 is 11.6 Å². The summed E-state index contributed by atoms with van der Waals surface area (Å²) < 4.78 is 27.3. The molecule has 2 aromatic rings. The van der Waals surface area contributed by atoms with E-state index in [1.54, 1.807) is 29.4 Å². The predicted octanol–water partition coefficient (Wildman–Crippen LogP) is 3.15. The smallest absolute Gasteiger partial charge is 0.243 e. The Kier molecular flexibility index (Phi) is 5.25. The van der Waals surface area contributed by atoms with Gasteiger partial charge >= 0.3 is 0 Å². The van der Waals surface area contributed by atoms with Gasteiger partial charge < -0.3 is 0 Å². The molecule has 0 aliphatic carbocycles. The summed E-state index contributed by atoms with van der Waals surface area (Å²) in [7, 11) is -3.49. The summed E-state index contributed by atoms with van der Waals surface area (Å²) in [6, 6.07) is 15.3. The maximum Gasteiger partial charge on any atom is 0.243 e. The van der Waals surface area contributed by atoms with Crippen molar-refractivity contribution in [3.63, 3.8) is 0 Å². The lowest BCUT2D eigenvalue weighted by atomic mass is 10.2. The van der Waals surface area contributed by atoms with Crippen LogP contribution in [0.15, 0.2) is 53.4 Å². The molecule has 0 spiro atoms. The van der Waals surface area contributed by atoms with Crippen LogP contribution in [0.25, 0.3) is 0 Å². The molecule has 24 heavy (non-hydrogen) atoms. The Bertz CT molecular complexity index is 801. The molecule has 1 fully saturated rings. The summed E-state index contributed by atoms with van der Waals surface area (Å²) in [5.74, 6) is 0. The zero-order valence-corrected chi connectivity index (χ0v) is 15.2. The standard InChI is InChI=1S/C18H21ClN2O2S/c1-15-17(19)8-5-9-18(15)24(22,23)21-12-10-20(11-13-21)14-16-6-3-2-4-7-16/h2-9H,10-14H2,1H3. The third-order valence-electron chi connectivity index (χ3n) is 4.42. The molecule has 128 valence electrons. The minimum Gasteiger partial charge on any atom is -0.296 e. The van der Waals surface area contributed by atoms with Crippen molar-refractivity contribution in [2.75, 3.05) is 26.2 Å². The van der Waals surface area contributed by atoms with Crippen molar-refractivity contribution in [3.05, 3.63) is 64.7 Å². The Morgan fingerprint density at radius 2 is 1.62 bits per heavy atom. The SMILES string of the molecule is Cc1c(Cl)cccc1S(=O)(=O)N1CCN(Cc2ccccc2)CC1. The van der Waals surface area contributed by atoms with Crippen LogP contribution in [0.2, 0.25) is 5.02 Å². The highest BCUT2D eigenvalue weighted by Crippen LogP contribution is 2.26. The van der Waals surface area contributed by atoms with Gasteiger partial charge in [-0.25, -0.2) is 8.42 Å². The zero-order chi connectivity index (χ0) is 17.2. The summed E-state index contributed by atoms with van der Waals surface area (Å²) in [4.78, 5) is 2.60. The van der Waals surface area contributed by atoms with E-state index in [4.69, 9.17) is 11.6 Å². The molecule has 1 heterocycles. The molecular weight excluding hydrogens is 344 g/mol. The number of hydrogen-bond donors (Lipinski definition) is 0. The normalized spacial score (nSPS) is 17.1. The second-order valence-electron chi connectivity index (χ2n) is 6.03. The van der Waals surface area contributed by atoms with Gasteiger partial charge in [0, 0.05) is 37.7 Å². The molecule has 2 aromatic carbocycles. The Balaban J connectivity index is 1.69. The Morgan fingerprint density at radius 1 is 0.958 bits per heavy atom. The lowest BCUT2D eigenvalue weighted by Gasteiger charge is -2.34. The van der Waals surface area contributed by atoms with Gasteiger partial charge in [0.15, 0.2) is 0 Å². The largest absolute Gasteiger partial charge is 0.296 e. The zero-order valence-electron chi connectivity index (χ0n) is 13.7. The minimum atomic E-state index is -3.49. The van der Waals surface area contributed by atoms with Gasteiger partial charge in [0.05, 0.1) is 4.90 Å². The molecule has 3 rings (SSSR count). The molecule has 0 amide bonds. The molecule has 0 aromatic heterocycles. The molecule has 0 saturated carbocycles. The second kappa shape index (κ2) is 7.23. The van der Waals surface area contributed by atoms with Crippen LogP contribution in [0.5, 0.6) is 0 Å². The molecule has 0 bridgehead atoms. The van der Waals surface area contributed by atoms with Crippen LogP contribution < -0.4 is 0 Å². The van der Waals surface area contributed by atoms with Crippen LogP contribution in [-0.4, -0.2) is 43.8 Å². The van der Waals surface area contributed by atoms with Gasteiger partial charge in [-0.15, -0.1) is 0 Å². The average Bonchev–Trinajstić information content (AvgIpc) is 2.58. The van der Waals surface area contributed by atoms with Crippen LogP contribution in [0.1, 0.15) is 11.1 Å². The van der Waals surface area contributed by atoms with Crippen LogP contribution in [0.3, 0.4) is 0 Å². The molecule has 1 saturated heterocycles. The highest BCUT2D eigenvalue weighted by Gasteiger charge is 2.29. The van der Waals surface area contributed by atoms with E-state index >= 15 is 0 Å². The highest BCUT2D eigenvalue weighted by atomic mass is 35.5. The summed E-state index contributed by atoms with van der Waals surface area (Å²) in [6.45, 7) is 5.06. The molecular formula is C18H21ClN2O2S. The van der Waals surface area contributed by atoms with E-state index in [1.807, 2.05) is 18.2 Å². The van der Waals surface area contributed by atoms with Crippen molar-refractivity contribution in [1.82, 2.24) is 9.21 Å². The lowest BCUT2D eigenvalue weighted by molar-refractivity contribution is 0.181. The topological polar surface area (TPSA) is 40.6 Å². The fraction of sp³-hybridized carbons (Fsp3) is 0.333. The van der Waals surface area contributed by atoms with E-state index in [9.17, 15) is 8.42 Å². The van der Waals surface area contributed by atoms with E-state index in [2.05, 4.69) is 17.0 Å². The van der Waals surface area contributed by atoms with E-state index in [0.717, 1.165) is 19.6 Å². The third-order valence-corrected chi connectivity index (χ3v) is 6.87. The van der Waals surface area contributed by atoms with Crippen LogP contribution in [0, 0.1) is 6.92 Å². The lowest BCUT2D eigenvalue weighted by Crippen LogP contribution is -2.48. The number of nitrogens with zero attached hydrogens (tertiary/aromatic N) is 2. The molecule has 6 heteroatoms. The fourth-order valence-electron chi connectivity index (χ4n) is 2.98. The van der Waals surface area contributed by atoms with Gasteiger partial charge in [-0.3, -0.25) is 4.90 Å². The minimum absolute atomic E-state index is 0.312. The van der Waals surface area contributed by atoms with Crippen LogP contribution in [-0.2, 0) is 16.6 Å². The molecule has 0 N–H and O–H groups in total. The maximum absolute atomic E-state index is 12.9. The van der Waals surface area contributed by atoms with Gasteiger partial charge in [0.1, 0.15) is 0 Å². The van der Waals surface area contributed by atoms with E-state index in [0.29, 0.717) is 28.6 Å². The number of rotatable bonds is 4. The molecule has 4 nitrogen and oxygen atoms in total. The number of halogens is 1. The van der Waals surface area contributed by atoms with Gasteiger partial charge in [-0.1, -0.05) is 48.0 Å². The molecule has 0 radical (unpaired) electrons. The Morgan fingerprint density at radius 3 is 2.29 bits per heavy atom. The summed E-state index contributed by atoms with van der Waals surface area (Å²) >= 11 is 6.08. The van der Waals surface area contributed by atoms with Gasteiger partial charge in [0.2, 0.25) is 10.0 Å². The quantitative estimate of drug-likeness (QED) is 0.836. The predicted molar refractivity (Wildman–Crippen MR) is 96.7 cm³/mol. The first-order valence-corrected chi connectivity index (χ1v) is 9.82. The fourth-order valence-corrected chi connectivity index (χ4v) is 4.88. The van der Waals surface area contributed by atoms with Crippen molar-refractivity contribution in [2.24, 2.45) is 0 Å². The van der Waals surface area contributed by atoms with Gasteiger partial charge in [-0.05, 0) is 30.2 Å². The second-order valence-corrected chi connectivity index (χ2v) is 8.34. The molecule has 1 aliphatic rings. The van der Waals surface area contributed by atoms with Crippen molar-refractivity contribution in [2.45, 2.75) is 18.4 Å². The Hall–Kier alpha value is -1.40. The first-order valence-electron chi connectivity index (χ1n) is 8.00. The molecule has 0 unspecified atom stereocenters. The molecule has 1 aliphatic heterocycles. The highest BCUT2D eigenvalue weighted by molar-refractivity contribution is 7.89. The van der Waals surface area contributed by atoms with E-state index in [-0.39, 0.29) is 0 Å². The van der Waals surface area contributed by atoms with Gasteiger partial charge in [0.25, 0.3) is 0 Å². The summed E-state index contributed by atoms with van der Waals surface area (Å²) in [6.07, 6.45) is 0. The van der Waals surface area contributed by atoms with E-state index < -0.39 is 10.0 Å².